The number of rotatable bonds is 5. The third-order valence-corrected chi connectivity index (χ3v) is 6.02. The smallest absolute Gasteiger partial charge is 0.242 e. The lowest BCUT2D eigenvalue weighted by Crippen LogP contribution is -2.41. The fraction of sp³-hybridized carbons (Fsp3) is 0.571. The minimum atomic E-state index is -3.64. The van der Waals surface area contributed by atoms with E-state index in [2.05, 4.69) is 4.72 Å². The van der Waals surface area contributed by atoms with Crippen molar-refractivity contribution >= 4 is 21.6 Å². The molecular weight excluding hydrogens is 312 g/mol. The normalized spacial score (nSPS) is 26.2. The van der Waals surface area contributed by atoms with Crippen LogP contribution in [0.2, 0.25) is 5.02 Å². The maximum atomic E-state index is 12.5. The summed E-state index contributed by atoms with van der Waals surface area (Å²) in [7, 11) is -3.64. The van der Waals surface area contributed by atoms with Crippen molar-refractivity contribution in [3.8, 4) is 0 Å². The standard InChI is InChI=1S/C14H19ClN2O3S/c15-11-7-9(8-16)1-4-13(11)21(18,19)17-12-5-6-20-14(12)10-2-3-10/h1,4,7,10,12,14,17H,2-3,5-6,8,16H2. The first-order chi connectivity index (χ1) is 10.0. The van der Waals surface area contributed by atoms with Crippen molar-refractivity contribution in [1.29, 1.82) is 0 Å². The Bertz CT molecular complexity index is 631. The van der Waals surface area contributed by atoms with Gasteiger partial charge in [-0.2, -0.15) is 0 Å². The number of nitrogens with two attached hydrogens (primary N) is 1. The molecule has 0 spiro atoms. The molecule has 1 aromatic carbocycles. The van der Waals surface area contributed by atoms with Crippen molar-refractivity contribution in [3.05, 3.63) is 28.8 Å². The van der Waals surface area contributed by atoms with Gasteiger partial charge in [0.15, 0.2) is 0 Å². The van der Waals surface area contributed by atoms with Crippen LogP contribution in [-0.2, 0) is 21.3 Å². The van der Waals surface area contributed by atoms with Crippen LogP contribution in [0.15, 0.2) is 23.1 Å². The number of halogens is 1. The molecule has 116 valence electrons. The molecule has 2 fully saturated rings. The molecule has 1 aromatic rings. The van der Waals surface area contributed by atoms with Gasteiger partial charge in [0.05, 0.1) is 17.2 Å². The molecule has 1 aliphatic carbocycles. The molecular formula is C14H19ClN2O3S. The quantitative estimate of drug-likeness (QED) is 0.860. The number of sulfonamides is 1. The van der Waals surface area contributed by atoms with E-state index >= 15 is 0 Å². The van der Waals surface area contributed by atoms with Gasteiger partial charge in [-0.25, -0.2) is 13.1 Å². The van der Waals surface area contributed by atoms with Gasteiger partial charge in [0.2, 0.25) is 10.0 Å². The number of nitrogens with one attached hydrogen (secondary N) is 1. The van der Waals surface area contributed by atoms with Crippen molar-refractivity contribution in [2.75, 3.05) is 6.61 Å². The molecule has 0 aromatic heterocycles. The van der Waals surface area contributed by atoms with Crippen molar-refractivity contribution < 1.29 is 13.2 Å². The van der Waals surface area contributed by atoms with E-state index in [1.807, 2.05) is 0 Å². The zero-order chi connectivity index (χ0) is 15.0. The van der Waals surface area contributed by atoms with E-state index in [1.165, 1.54) is 6.07 Å². The lowest BCUT2D eigenvalue weighted by molar-refractivity contribution is 0.0848. The van der Waals surface area contributed by atoms with Crippen LogP contribution in [0.4, 0.5) is 0 Å². The van der Waals surface area contributed by atoms with Gasteiger partial charge in [0, 0.05) is 13.2 Å². The summed E-state index contributed by atoms with van der Waals surface area (Å²) >= 11 is 6.08. The summed E-state index contributed by atoms with van der Waals surface area (Å²) < 4.78 is 33.4. The lowest BCUT2D eigenvalue weighted by atomic mass is 10.1. The predicted octanol–water partition coefficient (Wildman–Crippen LogP) is 1.64. The molecule has 3 rings (SSSR count). The first-order valence-corrected chi connectivity index (χ1v) is 9.00. The molecule has 0 amide bonds. The SMILES string of the molecule is NCc1ccc(S(=O)(=O)NC2CCOC2C2CC2)c(Cl)c1. The fourth-order valence-corrected chi connectivity index (χ4v) is 4.63. The third kappa shape index (κ3) is 3.24. The maximum absolute atomic E-state index is 12.5. The Hall–Kier alpha value is -0.660. The average molecular weight is 331 g/mol. The minimum Gasteiger partial charge on any atom is -0.376 e. The molecule has 0 radical (unpaired) electrons. The Morgan fingerprint density at radius 2 is 2.10 bits per heavy atom. The summed E-state index contributed by atoms with van der Waals surface area (Å²) in [6, 6.07) is 4.63. The molecule has 1 saturated heterocycles. The molecule has 2 aliphatic rings. The van der Waals surface area contributed by atoms with E-state index in [9.17, 15) is 8.42 Å². The monoisotopic (exact) mass is 330 g/mol. The van der Waals surface area contributed by atoms with Crippen LogP contribution in [0.5, 0.6) is 0 Å². The van der Waals surface area contributed by atoms with Gasteiger partial charge in [-0.05, 0) is 42.9 Å². The second kappa shape index (κ2) is 5.85. The summed E-state index contributed by atoms with van der Waals surface area (Å²) in [5, 5.41) is 0.201. The first kappa shape index (κ1) is 15.2. The maximum Gasteiger partial charge on any atom is 0.242 e. The molecule has 2 atom stereocenters. The molecule has 3 N–H and O–H groups in total. The van der Waals surface area contributed by atoms with Crippen LogP contribution in [0.3, 0.4) is 0 Å². The minimum absolute atomic E-state index is 0.00173. The Balaban J connectivity index is 1.80. The van der Waals surface area contributed by atoms with Gasteiger partial charge >= 0.3 is 0 Å². The van der Waals surface area contributed by atoms with E-state index < -0.39 is 10.0 Å². The van der Waals surface area contributed by atoms with E-state index in [-0.39, 0.29) is 22.1 Å². The molecule has 21 heavy (non-hydrogen) atoms. The molecule has 1 saturated carbocycles. The highest BCUT2D eigenvalue weighted by atomic mass is 35.5. The van der Waals surface area contributed by atoms with Crippen LogP contribution in [0.25, 0.3) is 0 Å². The van der Waals surface area contributed by atoms with Crippen LogP contribution >= 0.6 is 11.6 Å². The Morgan fingerprint density at radius 3 is 2.71 bits per heavy atom. The third-order valence-electron chi connectivity index (χ3n) is 4.05. The van der Waals surface area contributed by atoms with E-state index in [0.717, 1.165) is 18.4 Å². The second-order valence-corrected chi connectivity index (χ2v) is 7.75. The van der Waals surface area contributed by atoms with Crippen molar-refractivity contribution in [2.24, 2.45) is 11.7 Å². The number of ether oxygens (including phenoxy) is 1. The summed E-state index contributed by atoms with van der Waals surface area (Å²) in [5.74, 6) is 0.496. The molecule has 0 bridgehead atoms. The van der Waals surface area contributed by atoms with Crippen molar-refractivity contribution in [3.63, 3.8) is 0 Å². The number of hydrogen-bond donors (Lipinski definition) is 2. The molecule has 1 aliphatic heterocycles. The number of benzene rings is 1. The molecule has 7 heteroatoms. The molecule has 5 nitrogen and oxygen atoms in total. The van der Waals surface area contributed by atoms with Crippen molar-refractivity contribution in [1.82, 2.24) is 4.72 Å². The topological polar surface area (TPSA) is 81.4 Å². The predicted molar refractivity (Wildman–Crippen MR) is 80.5 cm³/mol. The zero-order valence-corrected chi connectivity index (χ0v) is 13.2. The van der Waals surface area contributed by atoms with Gasteiger partial charge in [0.25, 0.3) is 0 Å². The Labute approximate surface area is 129 Å². The van der Waals surface area contributed by atoms with Crippen LogP contribution in [0, 0.1) is 5.92 Å². The van der Waals surface area contributed by atoms with Gasteiger partial charge in [-0.1, -0.05) is 17.7 Å². The highest BCUT2D eigenvalue weighted by Gasteiger charge is 2.42. The molecule has 1 heterocycles. The fourth-order valence-electron chi connectivity index (χ4n) is 2.78. The van der Waals surface area contributed by atoms with Crippen LogP contribution in [0.1, 0.15) is 24.8 Å². The summed E-state index contributed by atoms with van der Waals surface area (Å²) in [4.78, 5) is 0.0998. The lowest BCUT2D eigenvalue weighted by Gasteiger charge is -2.20. The summed E-state index contributed by atoms with van der Waals surface area (Å²) in [6.07, 6.45) is 2.95. The molecule has 2 unspecified atom stereocenters. The largest absolute Gasteiger partial charge is 0.376 e. The van der Waals surface area contributed by atoms with E-state index in [4.69, 9.17) is 22.1 Å². The second-order valence-electron chi connectivity index (χ2n) is 5.66. The Morgan fingerprint density at radius 1 is 1.33 bits per heavy atom. The summed E-state index contributed by atoms with van der Waals surface area (Å²) in [5.41, 5.74) is 6.33. The van der Waals surface area contributed by atoms with Gasteiger partial charge in [-0.3, -0.25) is 0 Å². The first-order valence-electron chi connectivity index (χ1n) is 7.13. The van der Waals surface area contributed by atoms with Crippen molar-refractivity contribution in [2.45, 2.75) is 42.8 Å². The Kier molecular flexibility index (Phi) is 4.25. The van der Waals surface area contributed by atoms with E-state index in [1.54, 1.807) is 12.1 Å². The average Bonchev–Trinajstić information content (AvgIpc) is 3.19. The van der Waals surface area contributed by atoms with Gasteiger partial charge in [-0.15, -0.1) is 0 Å². The number of hydrogen-bond acceptors (Lipinski definition) is 4. The highest BCUT2D eigenvalue weighted by Crippen LogP contribution is 2.39. The zero-order valence-electron chi connectivity index (χ0n) is 11.6. The highest BCUT2D eigenvalue weighted by molar-refractivity contribution is 7.89. The van der Waals surface area contributed by atoms with Gasteiger partial charge in [0.1, 0.15) is 4.90 Å². The van der Waals surface area contributed by atoms with Crippen LogP contribution < -0.4 is 10.5 Å². The van der Waals surface area contributed by atoms with Crippen LogP contribution in [-0.4, -0.2) is 27.2 Å². The van der Waals surface area contributed by atoms with E-state index in [0.29, 0.717) is 25.5 Å². The summed E-state index contributed by atoms with van der Waals surface area (Å²) in [6.45, 7) is 0.932. The van der Waals surface area contributed by atoms with Gasteiger partial charge < -0.3 is 10.5 Å².